The van der Waals surface area contributed by atoms with E-state index in [0.29, 0.717) is 30.1 Å². The van der Waals surface area contributed by atoms with Crippen molar-refractivity contribution in [2.45, 2.75) is 12.5 Å². The van der Waals surface area contributed by atoms with Crippen molar-refractivity contribution in [3.8, 4) is 11.9 Å². The Morgan fingerprint density at radius 3 is 2.92 bits per heavy atom. The predicted molar refractivity (Wildman–Crippen MR) is 89.9 cm³/mol. The average Bonchev–Trinajstić information content (AvgIpc) is 3.10. The minimum atomic E-state index is -0.0869. The Bertz CT molecular complexity index is 767. The Morgan fingerprint density at radius 2 is 2.21 bits per heavy atom. The molecular formula is C18H18N4O2. The molecule has 0 aliphatic carbocycles. The Kier molecular flexibility index (Phi) is 4.62. The second kappa shape index (κ2) is 7.01. The van der Waals surface area contributed by atoms with Gasteiger partial charge in [0.25, 0.3) is 5.91 Å². The minimum absolute atomic E-state index is 0.00108. The second-order valence-corrected chi connectivity index (χ2v) is 5.57. The number of carbonyl (C=O) groups is 1. The molecule has 6 heteroatoms. The van der Waals surface area contributed by atoms with Crippen LogP contribution < -0.4 is 10.1 Å². The molecule has 1 aromatic carbocycles. The number of pyridine rings is 1. The van der Waals surface area contributed by atoms with Crippen LogP contribution in [0.5, 0.6) is 5.88 Å². The Labute approximate surface area is 140 Å². The van der Waals surface area contributed by atoms with Crippen molar-refractivity contribution in [1.82, 2.24) is 9.88 Å². The molecule has 0 radical (unpaired) electrons. The molecule has 1 N–H and O–H groups in total. The van der Waals surface area contributed by atoms with Crippen molar-refractivity contribution in [2.75, 3.05) is 25.5 Å². The fraction of sp³-hybridized carbons (Fsp3) is 0.278. The summed E-state index contributed by atoms with van der Waals surface area (Å²) in [4.78, 5) is 18.6. The lowest BCUT2D eigenvalue weighted by Crippen LogP contribution is -2.31. The molecule has 1 aromatic heterocycles. The molecule has 1 amide bonds. The number of rotatable bonds is 4. The van der Waals surface area contributed by atoms with Crippen LogP contribution in [0.15, 0.2) is 42.6 Å². The van der Waals surface area contributed by atoms with Gasteiger partial charge in [0.2, 0.25) is 5.88 Å². The topological polar surface area (TPSA) is 78.3 Å². The van der Waals surface area contributed by atoms with Crippen molar-refractivity contribution >= 4 is 11.6 Å². The summed E-state index contributed by atoms with van der Waals surface area (Å²) >= 11 is 0. The largest absolute Gasteiger partial charge is 0.472 e. The van der Waals surface area contributed by atoms with Gasteiger partial charge in [-0.2, -0.15) is 5.26 Å². The van der Waals surface area contributed by atoms with Crippen LogP contribution in [0.3, 0.4) is 0 Å². The summed E-state index contributed by atoms with van der Waals surface area (Å²) in [7, 11) is 1.80. The van der Waals surface area contributed by atoms with E-state index in [1.54, 1.807) is 24.1 Å². The van der Waals surface area contributed by atoms with E-state index in [9.17, 15) is 4.79 Å². The number of nitrogens with zero attached hydrogens (tertiary/aromatic N) is 3. The van der Waals surface area contributed by atoms with Crippen molar-refractivity contribution in [3.63, 3.8) is 0 Å². The van der Waals surface area contributed by atoms with Gasteiger partial charge < -0.3 is 15.0 Å². The maximum atomic E-state index is 12.7. The predicted octanol–water partition coefficient (Wildman–Crippen LogP) is 2.29. The van der Waals surface area contributed by atoms with Crippen molar-refractivity contribution in [1.29, 1.82) is 5.26 Å². The van der Waals surface area contributed by atoms with Crippen LogP contribution in [0.1, 0.15) is 22.3 Å². The third kappa shape index (κ3) is 3.30. The number of hydrogen-bond donors (Lipinski definition) is 1. The number of para-hydroxylation sites is 1. The third-order valence-corrected chi connectivity index (χ3v) is 4.01. The fourth-order valence-corrected chi connectivity index (χ4v) is 2.75. The first-order chi connectivity index (χ1) is 11.7. The molecule has 1 saturated heterocycles. The Hall–Kier alpha value is -3.07. The van der Waals surface area contributed by atoms with E-state index in [0.717, 1.165) is 12.1 Å². The molecule has 2 heterocycles. The summed E-state index contributed by atoms with van der Waals surface area (Å²) in [6, 6.07) is 12.8. The number of amides is 1. The van der Waals surface area contributed by atoms with Crippen LogP contribution in [-0.4, -0.2) is 42.0 Å². The number of benzene rings is 1. The van der Waals surface area contributed by atoms with Gasteiger partial charge in [-0.3, -0.25) is 4.79 Å². The number of likely N-dealkylation sites (tertiary alicyclic amines) is 1. The maximum Gasteiger partial charge on any atom is 0.256 e. The molecule has 3 rings (SSSR count). The molecule has 24 heavy (non-hydrogen) atoms. The fourth-order valence-electron chi connectivity index (χ4n) is 2.75. The van der Waals surface area contributed by atoms with Gasteiger partial charge in [-0.15, -0.1) is 0 Å². The Balaban J connectivity index is 1.64. The van der Waals surface area contributed by atoms with E-state index < -0.39 is 0 Å². The van der Waals surface area contributed by atoms with Gasteiger partial charge in [-0.25, -0.2) is 4.98 Å². The quantitative estimate of drug-likeness (QED) is 0.934. The van der Waals surface area contributed by atoms with E-state index >= 15 is 0 Å². The molecule has 1 aliphatic heterocycles. The normalized spacial score (nSPS) is 16.5. The SMILES string of the molecule is CNc1ccccc1C(=O)N1CCC(Oc2ccc(C#N)cn2)C1. The third-order valence-electron chi connectivity index (χ3n) is 4.01. The summed E-state index contributed by atoms with van der Waals surface area (Å²) in [6.45, 7) is 1.18. The lowest BCUT2D eigenvalue weighted by atomic mass is 10.1. The second-order valence-electron chi connectivity index (χ2n) is 5.57. The molecule has 122 valence electrons. The molecule has 2 aromatic rings. The highest BCUT2D eigenvalue weighted by atomic mass is 16.5. The van der Waals surface area contributed by atoms with Crippen molar-refractivity contribution in [2.24, 2.45) is 0 Å². The van der Waals surface area contributed by atoms with Crippen LogP contribution in [0, 0.1) is 11.3 Å². The summed E-state index contributed by atoms with van der Waals surface area (Å²) < 4.78 is 5.82. The van der Waals surface area contributed by atoms with Crippen LogP contribution in [0.25, 0.3) is 0 Å². The molecule has 6 nitrogen and oxygen atoms in total. The number of carbonyl (C=O) groups excluding carboxylic acids is 1. The molecular weight excluding hydrogens is 304 g/mol. The molecule has 1 atom stereocenters. The van der Waals surface area contributed by atoms with Crippen molar-refractivity contribution in [3.05, 3.63) is 53.7 Å². The van der Waals surface area contributed by atoms with Gasteiger partial charge in [0, 0.05) is 38.0 Å². The van der Waals surface area contributed by atoms with Crippen LogP contribution in [0.2, 0.25) is 0 Å². The van der Waals surface area contributed by atoms with Gasteiger partial charge in [-0.05, 0) is 18.2 Å². The summed E-state index contributed by atoms with van der Waals surface area (Å²) in [5.74, 6) is 0.475. The molecule has 1 aliphatic rings. The van der Waals surface area contributed by atoms with E-state index in [-0.39, 0.29) is 12.0 Å². The highest BCUT2D eigenvalue weighted by molar-refractivity contribution is 5.99. The smallest absolute Gasteiger partial charge is 0.256 e. The van der Waals surface area contributed by atoms with E-state index in [4.69, 9.17) is 10.00 Å². The summed E-state index contributed by atoms with van der Waals surface area (Å²) in [5, 5.41) is 11.8. The zero-order valence-electron chi connectivity index (χ0n) is 13.4. The van der Waals surface area contributed by atoms with Gasteiger partial charge in [-0.1, -0.05) is 12.1 Å². The monoisotopic (exact) mass is 322 g/mol. The molecule has 0 saturated carbocycles. The zero-order chi connectivity index (χ0) is 16.9. The maximum absolute atomic E-state index is 12.7. The lowest BCUT2D eigenvalue weighted by molar-refractivity contribution is 0.0772. The number of hydrogen-bond acceptors (Lipinski definition) is 5. The van der Waals surface area contributed by atoms with Crippen LogP contribution >= 0.6 is 0 Å². The lowest BCUT2D eigenvalue weighted by Gasteiger charge is -2.18. The van der Waals surface area contributed by atoms with Crippen LogP contribution in [-0.2, 0) is 0 Å². The first kappa shape index (κ1) is 15.8. The van der Waals surface area contributed by atoms with Crippen LogP contribution in [0.4, 0.5) is 5.69 Å². The summed E-state index contributed by atoms with van der Waals surface area (Å²) in [6.07, 6.45) is 2.15. The Morgan fingerprint density at radius 1 is 1.38 bits per heavy atom. The van der Waals surface area contributed by atoms with Gasteiger partial charge in [0.1, 0.15) is 12.2 Å². The van der Waals surface area contributed by atoms with Gasteiger partial charge in [0.05, 0.1) is 17.7 Å². The number of aromatic nitrogens is 1. The zero-order valence-corrected chi connectivity index (χ0v) is 13.4. The number of ether oxygens (including phenoxy) is 1. The average molecular weight is 322 g/mol. The first-order valence-electron chi connectivity index (χ1n) is 7.80. The summed E-state index contributed by atoms with van der Waals surface area (Å²) in [5.41, 5.74) is 1.98. The van der Waals surface area contributed by atoms with Gasteiger partial charge >= 0.3 is 0 Å². The number of nitrogens with one attached hydrogen (secondary N) is 1. The molecule has 1 fully saturated rings. The molecule has 1 unspecified atom stereocenters. The highest BCUT2D eigenvalue weighted by Gasteiger charge is 2.29. The van der Waals surface area contributed by atoms with Gasteiger partial charge in [0.15, 0.2) is 0 Å². The number of nitriles is 1. The van der Waals surface area contributed by atoms with E-state index in [2.05, 4.69) is 10.3 Å². The van der Waals surface area contributed by atoms with E-state index in [1.165, 1.54) is 6.20 Å². The molecule has 0 bridgehead atoms. The van der Waals surface area contributed by atoms with E-state index in [1.807, 2.05) is 30.3 Å². The standard InChI is InChI=1S/C18H18N4O2/c1-20-16-5-3-2-4-15(16)18(23)22-9-8-14(12-22)24-17-7-6-13(10-19)11-21-17/h2-7,11,14,20H,8-9,12H2,1H3. The highest BCUT2D eigenvalue weighted by Crippen LogP contribution is 2.22. The minimum Gasteiger partial charge on any atom is -0.472 e. The number of anilines is 1. The first-order valence-corrected chi connectivity index (χ1v) is 7.80. The van der Waals surface area contributed by atoms with Crippen molar-refractivity contribution < 1.29 is 9.53 Å². The molecule has 0 spiro atoms.